The van der Waals surface area contributed by atoms with Crippen molar-refractivity contribution in [2.75, 3.05) is 7.11 Å². The van der Waals surface area contributed by atoms with Crippen LogP contribution < -0.4 is 4.74 Å². The third-order valence-corrected chi connectivity index (χ3v) is 6.35. The zero-order valence-corrected chi connectivity index (χ0v) is 17.9. The Balaban J connectivity index is 1.62. The van der Waals surface area contributed by atoms with Crippen LogP contribution in [0.25, 0.3) is 0 Å². The van der Waals surface area contributed by atoms with E-state index in [4.69, 9.17) is 9.47 Å². The Hall–Kier alpha value is -3.08. The van der Waals surface area contributed by atoms with E-state index in [-0.39, 0.29) is 23.3 Å². The first kappa shape index (κ1) is 21.2. The van der Waals surface area contributed by atoms with Gasteiger partial charge in [-0.2, -0.15) is 0 Å². The second kappa shape index (κ2) is 8.96. The predicted molar refractivity (Wildman–Crippen MR) is 117 cm³/mol. The molecule has 1 fully saturated rings. The van der Waals surface area contributed by atoms with Crippen LogP contribution >= 0.6 is 0 Å². The van der Waals surface area contributed by atoms with E-state index in [1.807, 2.05) is 61.5 Å². The first-order valence-electron chi connectivity index (χ1n) is 10.9. The number of aliphatic hydroxyl groups is 1. The molecule has 0 aromatic heterocycles. The molecule has 3 atom stereocenters. The van der Waals surface area contributed by atoms with Crippen molar-refractivity contribution in [3.63, 3.8) is 0 Å². The largest absolute Gasteiger partial charge is 0.504 e. The Morgan fingerprint density at radius 1 is 1.10 bits per heavy atom. The maximum atomic E-state index is 13.2. The van der Waals surface area contributed by atoms with Gasteiger partial charge in [-0.05, 0) is 54.9 Å². The van der Waals surface area contributed by atoms with E-state index in [9.17, 15) is 14.7 Å². The van der Waals surface area contributed by atoms with Crippen LogP contribution in [0.1, 0.15) is 43.2 Å². The second-order valence-electron chi connectivity index (χ2n) is 8.40. The Bertz CT molecular complexity index is 990. The number of benzene rings is 2. The third-order valence-electron chi connectivity index (χ3n) is 6.35. The number of Topliss-reactive ketones (excluding diaryl/α,β-unsaturated/α-hetero) is 1. The standard InChI is InChI=1S/C26H28O5/c1-3-17(14-16-8-7-11-20(15-16)30-2)25-24(28)23(27)22(26(29)31-25)21(19-12-13-19)18-9-5-4-6-10-18/h4-11,15,17,19,21,25,27H,3,12-14H2,1-2H3. The van der Waals surface area contributed by atoms with Crippen molar-refractivity contribution in [3.05, 3.63) is 77.1 Å². The summed E-state index contributed by atoms with van der Waals surface area (Å²) in [5, 5.41) is 10.9. The van der Waals surface area contributed by atoms with E-state index in [1.54, 1.807) is 7.11 Å². The highest BCUT2D eigenvalue weighted by Gasteiger charge is 2.47. The lowest BCUT2D eigenvalue weighted by molar-refractivity contribution is -0.158. The minimum atomic E-state index is -0.983. The highest BCUT2D eigenvalue weighted by atomic mass is 16.6. The molecule has 1 saturated carbocycles. The number of cyclic esters (lactones) is 1. The van der Waals surface area contributed by atoms with Gasteiger partial charge in [-0.25, -0.2) is 4.79 Å². The van der Waals surface area contributed by atoms with E-state index < -0.39 is 23.6 Å². The summed E-state index contributed by atoms with van der Waals surface area (Å²) in [6.07, 6.45) is 2.13. The molecule has 5 nitrogen and oxygen atoms in total. The van der Waals surface area contributed by atoms with Crippen molar-refractivity contribution < 1.29 is 24.2 Å². The summed E-state index contributed by atoms with van der Waals surface area (Å²) < 4.78 is 11.0. The van der Waals surface area contributed by atoms with E-state index in [0.29, 0.717) is 12.8 Å². The summed E-state index contributed by atoms with van der Waals surface area (Å²) in [6, 6.07) is 17.2. The molecule has 2 aromatic rings. The number of methoxy groups -OCH3 is 1. The van der Waals surface area contributed by atoms with Crippen LogP contribution in [0.15, 0.2) is 65.9 Å². The fourth-order valence-electron chi connectivity index (χ4n) is 4.51. The quantitative estimate of drug-likeness (QED) is 0.623. The number of carbonyl (C=O) groups excluding carboxylic acids is 2. The molecule has 3 unspecified atom stereocenters. The molecule has 2 aromatic carbocycles. The normalized spacial score (nSPS) is 20.9. The van der Waals surface area contributed by atoms with Crippen LogP contribution in [-0.4, -0.2) is 30.1 Å². The molecule has 1 aliphatic heterocycles. The number of aliphatic hydroxyl groups excluding tert-OH is 1. The van der Waals surface area contributed by atoms with Gasteiger partial charge >= 0.3 is 5.97 Å². The average Bonchev–Trinajstić information content (AvgIpc) is 3.63. The summed E-state index contributed by atoms with van der Waals surface area (Å²) in [6.45, 7) is 1.96. The van der Waals surface area contributed by atoms with Gasteiger partial charge in [0.25, 0.3) is 0 Å². The molecular formula is C26H28O5. The number of ether oxygens (including phenoxy) is 2. The maximum Gasteiger partial charge on any atom is 0.339 e. The SMILES string of the molecule is CCC(Cc1cccc(OC)c1)C1OC(=O)C(C(c2ccccc2)C2CC2)=C(O)C1=O. The van der Waals surface area contributed by atoms with Gasteiger partial charge in [0.05, 0.1) is 12.7 Å². The van der Waals surface area contributed by atoms with Crippen LogP contribution in [0.2, 0.25) is 0 Å². The lowest BCUT2D eigenvalue weighted by Crippen LogP contribution is -2.42. The van der Waals surface area contributed by atoms with E-state index in [1.165, 1.54) is 0 Å². The van der Waals surface area contributed by atoms with Gasteiger partial charge in [0.15, 0.2) is 11.9 Å². The van der Waals surface area contributed by atoms with Crippen molar-refractivity contribution in [2.45, 2.75) is 44.6 Å². The zero-order valence-electron chi connectivity index (χ0n) is 17.9. The van der Waals surface area contributed by atoms with Crippen molar-refractivity contribution in [1.82, 2.24) is 0 Å². The highest BCUT2D eigenvalue weighted by Crippen LogP contribution is 2.48. The third kappa shape index (κ3) is 4.36. The van der Waals surface area contributed by atoms with E-state index >= 15 is 0 Å². The molecular weight excluding hydrogens is 392 g/mol. The number of hydrogen-bond acceptors (Lipinski definition) is 5. The number of hydrogen-bond donors (Lipinski definition) is 1. The molecule has 0 spiro atoms. The molecule has 0 bridgehead atoms. The lowest BCUT2D eigenvalue weighted by Gasteiger charge is -2.31. The van der Waals surface area contributed by atoms with Gasteiger partial charge in [-0.1, -0.05) is 49.4 Å². The van der Waals surface area contributed by atoms with Crippen LogP contribution in [0.5, 0.6) is 5.75 Å². The van der Waals surface area contributed by atoms with E-state index in [0.717, 1.165) is 29.7 Å². The smallest absolute Gasteiger partial charge is 0.339 e. The van der Waals surface area contributed by atoms with Crippen LogP contribution in [0.3, 0.4) is 0 Å². The molecule has 1 aliphatic carbocycles. The summed E-state index contributed by atoms with van der Waals surface area (Å²) in [7, 11) is 1.61. The first-order chi connectivity index (χ1) is 15.0. The summed E-state index contributed by atoms with van der Waals surface area (Å²) in [5.41, 5.74) is 2.04. The fraction of sp³-hybridized carbons (Fsp3) is 0.385. The Kier molecular flexibility index (Phi) is 6.12. The molecule has 2 aliphatic rings. The Labute approximate surface area is 182 Å². The number of esters is 1. The zero-order chi connectivity index (χ0) is 22.0. The molecule has 31 heavy (non-hydrogen) atoms. The van der Waals surface area contributed by atoms with Crippen molar-refractivity contribution in [2.24, 2.45) is 11.8 Å². The van der Waals surface area contributed by atoms with Gasteiger partial charge in [-0.3, -0.25) is 4.79 Å². The minimum Gasteiger partial charge on any atom is -0.504 e. The van der Waals surface area contributed by atoms with Gasteiger partial charge in [0, 0.05) is 11.8 Å². The highest BCUT2D eigenvalue weighted by molar-refractivity contribution is 6.09. The molecule has 0 amide bonds. The number of ketones is 1. The van der Waals surface area contributed by atoms with Crippen molar-refractivity contribution in [3.8, 4) is 5.75 Å². The second-order valence-corrected chi connectivity index (χ2v) is 8.40. The van der Waals surface area contributed by atoms with Gasteiger partial charge < -0.3 is 14.6 Å². The van der Waals surface area contributed by atoms with Crippen LogP contribution in [0.4, 0.5) is 0 Å². The first-order valence-corrected chi connectivity index (χ1v) is 10.9. The maximum absolute atomic E-state index is 13.2. The van der Waals surface area contributed by atoms with Gasteiger partial charge in [0.2, 0.25) is 5.78 Å². The molecule has 4 rings (SSSR count). The Morgan fingerprint density at radius 3 is 2.48 bits per heavy atom. The van der Waals surface area contributed by atoms with Crippen LogP contribution in [0, 0.1) is 11.8 Å². The predicted octanol–water partition coefficient (Wildman–Crippen LogP) is 4.76. The molecule has 5 heteroatoms. The topological polar surface area (TPSA) is 72.8 Å². The molecule has 0 saturated heterocycles. The minimum absolute atomic E-state index is 0.117. The summed E-state index contributed by atoms with van der Waals surface area (Å²) in [4.78, 5) is 26.2. The van der Waals surface area contributed by atoms with E-state index in [2.05, 4.69) is 0 Å². The molecule has 0 radical (unpaired) electrons. The molecule has 1 N–H and O–H groups in total. The Morgan fingerprint density at radius 2 is 1.84 bits per heavy atom. The molecule has 1 heterocycles. The number of carbonyl (C=O) groups is 2. The average molecular weight is 421 g/mol. The number of rotatable bonds is 8. The monoisotopic (exact) mass is 420 g/mol. The van der Waals surface area contributed by atoms with Crippen molar-refractivity contribution in [1.29, 1.82) is 0 Å². The van der Waals surface area contributed by atoms with Gasteiger partial charge in [-0.15, -0.1) is 0 Å². The fourth-order valence-corrected chi connectivity index (χ4v) is 4.51. The van der Waals surface area contributed by atoms with Gasteiger partial charge in [0.1, 0.15) is 5.75 Å². The molecule has 162 valence electrons. The lowest BCUT2D eigenvalue weighted by atomic mass is 9.81. The summed E-state index contributed by atoms with van der Waals surface area (Å²) in [5.74, 6) is -1.06. The van der Waals surface area contributed by atoms with Crippen LogP contribution in [-0.2, 0) is 20.7 Å². The van der Waals surface area contributed by atoms with Crippen molar-refractivity contribution >= 4 is 11.8 Å². The summed E-state index contributed by atoms with van der Waals surface area (Å²) >= 11 is 0.